The zero-order valence-corrected chi connectivity index (χ0v) is 18.2. The summed E-state index contributed by atoms with van der Waals surface area (Å²) < 4.78 is 10.9. The number of rotatable bonds is 12. The van der Waals surface area contributed by atoms with Gasteiger partial charge in [-0.25, -0.2) is 9.59 Å². The third-order valence-corrected chi connectivity index (χ3v) is 5.09. The van der Waals surface area contributed by atoms with Crippen LogP contribution in [0.1, 0.15) is 91.5 Å². The Morgan fingerprint density at radius 3 is 1.63 bits per heavy atom. The molecular weight excluding hydrogens is 376 g/mol. The van der Waals surface area contributed by atoms with E-state index in [1.54, 1.807) is 30.3 Å². The molecule has 0 amide bonds. The van der Waals surface area contributed by atoms with Crippen molar-refractivity contribution in [2.24, 2.45) is 0 Å². The lowest BCUT2D eigenvalue weighted by Crippen LogP contribution is -2.07. The maximum absolute atomic E-state index is 12.7. The molecule has 0 aliphatic heterocycles. The molecule has 2 aliphatic carbocycles. The summed E-state index contributed by atoms with van der Waals surface area (Å²) in [4.78, 5) is 25.4. The molecule has 0 saturated carbocycles. The monoisotopic (exact) mass is 408 g/mol. The highest BCUT2D eigenvalue weighted by molar-refractivity contribution is 6.08. The van der Waals surface area contributed by atoms with Crippen LogP contribution in [0.3, 0.4) is 0 Å². The summed E-state index contributed by atoms with van der Waals surface area (Å²) in [7, 11) is 0. The van der Waals surface area contributed by atoms with Crippen molar-refractivity contribution in [3.8, 4) is 23.5 Å². The van der Waals surface area contributed by atoms with Crippen LogP contribution in [0.15, 0.2) is 30.3 Å². The summed E-state index contributed by atoms with van der Waals surface area (Å²) in [5.41, 5.74) is 2.71. The normalized spacial score (nSPS) is 10.6. The van der Waals surface area contributed by atoms with Crippen molar-refractivity contribution in [1.29, 1.82) is 0 Å². The average molecular weight is 409 g/mol. The first-order valence-electron chi connectivity index (χ1n) is 11.0. The van der Waals surface area contributed by atoms with Crippen LogP contribution in [-0.2, 0) is 9.47 Å². The molecule has 0 radical (unpaired) electrons. The second-order valence-corrected chi connectivity index (χ2v) is 7.46. The van der Waals surface area contributed by atoms with E-state index in [1.165, 1.54) is 0 Å². The molecule has 0 aromatic carbocycles. The molecule has 30 heavy (non-hydrogen) atoms. The summed E-state index contributed by atoms with van der Waals surface area (Å²) in [6.07, 6.45) is 13.7. The maximum atomic E-state index is 12.7. The lowest BCUT2D eigenvalue weighted by Gasteiger charge is -2.05. The van der Waals surface area contributed by atoms with Gasteiger partial charge in [-0.1, -0.05) is 70.4 Å². The Balaban J connectivity index is 2.20. The van der Waals surface area contributed by atoms with E-state index in [2.05, 4.69) is 19.8 Å². The van der Waals surface area contributed by atoms with Crippen LogP contribution >= 0.6 is 0 Å². The zero-order valence-electron chi connectivity index (χ0n) is 18.2. The van der Waals surface area contributed by atoms with E-state index in [-0.39, 0.29) is 0 Å². The van der Waals surface area contributed by atoms with E-state index < -0.39 is 11.9 Å². The van der Waals surface area contributed by atoms with Crippen LogP contribution in [-0.4, -0.2) is 25.2 Å². The number of esters is 2. The number of hydrogen-bond donors (Lipinski definition) is 0. The van der Waals surface area contributed by atoms with Crippen LogP contribution in [0, 0.1) is 12.3 Å². The van der Waals surface area contributed by atoms with Gasteiger partial charge in [-0.15, -0.1) is 6.42 Å². The minimum Gasteiger partial charge on any atom is -0.462 e. The van der Waals surface area contributed by atoms with E-state index in [4.69, 9.17) is 15.9 Å². The second kappa shape index (κ2) is 12.7. The molecule has 0 N–H and O–H groups in total. The number of ether oxygens (including phenoxy) is 2. The summed E-state index contributed by atoms with van der Waals surface area (Å²) in [6.45, 7) is 5.02. The third-order valence-electron chi connectivity index (χ3n) is 5.09. The van der Waals surface area contributed by atoms with Crippen molar-refractivity contribution in [3.63, 3.8) is 0 Å². The highest BCUT2D eigenvalue weighted by Crippen LogP contribution is 2.33. The van der Waals surface area contributed by atoms with Crippen LogP contribution in [0.5, 0.6) is 0 Å². The Kier molecular flexibility index (Phi) is 9.94. The van der Waals surface area contributed by atoms with Crippen LogP contribution in [0.25, 0.3) is 11.1 Å². The number of unbranched alkanes of at least 4 members (excludes halogenated alkanes) is 6. The Bertz CT molecular complexity index is 786. The van der Waals surface area contributed by atoms with Gasteiger partial charge in [0, 0.05) is 5.56 Å². The summed E-state index contributed by atoms with van der Waals surface area (Å²) in [5.74, 6) is 1.74. The standard InChI is InChI=1S/C26H32O4/c1-4-7-9-11-17-29-25(27)23-19-24(26(28)30-18-12-10-8-5-2)22-16-14-20(6-3)13-15-21(22)23/h3,13-16,19H,4-5,7-12,17-18H2,1-2H3. The average Bonchev–Trinajstić information content (AvgIpc) is 2.98. The van der Waals surface area contributed by atoms with Crippen molar-refractivity contribution in [2.75, 3.05) is 13.2 Å². The Hall–Kier alpha value is -2.80. The summed E-state index contributed by atoms with van der Waals surface area (Å²) in [6, 6.07) is 8.66. The van der Waals surface area contributed by atoms with Gasteiger partial charge in [-0.2, -0.15) is 0 Å². The predicted molar refractivity (Wildman–Crippen MR) is 120 cm³/mol. The SMILES string of the molecule is C#Cc1ccc2c(C(=O)OCCCCCC)cc(C(=O)OCCCCCC)c-2cc1. The minimum absolute atomic E-state index is 0.372. The van der Waals surface area contributed by atoms with E-state index in [0.717, 1.165) is 51.4 Å². The molecule has 4 nitrogen and oxygen atoms in total. The molecular formula is C26H32O4. The van der Waals surface area contributed by atoms with Gasteiger partial charge in [-0.3, -0.25) is 0 Å². The topological polar surface area (TPSA) is 52.6 Å². The summed E-state index contributed by atoms with van der Waals surface area (Å²) >= 11 is 0. The highest BCUT2D eigenvalue weighted by Gasteiger charge is 2.25. The molecule has 160 valence electrons. The van der Waals surface area contributed by atoms with Crippen molar-refractivity contribution >= 4 is 11.9 Å². The number of fused-ring (bicyclic) bond motifs is 1. The number of hydrogen-bond acceptors (Lipinski definition) is 4. The zero-order chi connectivity index (χ0) is 21.8. The molecule has 0 spiro atoms. The second-order valence-electron chi connectivity index (χ2n) is 7.46. The van der Waals surface area contributed by atoms with Gasteiger partial charge >= 0.3 is 11.9 Å². The van der Waals surface area contributed by atoms with Gasteiger partial charge in [0.15, 0.2) is 0 Å². The van der Waals surface area contributed by atoms with Crippen LogP contribution < -0.4 is 0 Å². The van der Waals surface area contributed by atoms with Crippen molar-refractivity contribution in [2.45, 2.75) is 65.2 Å². The first-order valence-corrected chi connectivity index (χ1v) is 11.0. The van der Waals surface area contributed by atoms with E-state index in [9.17, 15) is 9.59 Å². The largest absolute Gasteiger partial charge is 0.462 e. The lowest BCUT2D eigenvalue weighted by molar-refractivity contribution is 0.0497. The Labute approximate surface area is 180 Å². The molecule has 0 unspecified atom stereocenters. The molecule has 0 heterocycles. The summed E-state index contributed by atoms with van der Waals surface area (Å²) in [5, 5.41) is 0. The van der Waals surface area contributed by atoms with Crippen molar-refractivity contribution in [1.82, 2.24) is 0 Å². The smallest absolute Gasteiger partial charge is 0.338 e. The van der Waals surface area contributed by atoms with Gasteiger partial charge in [0.1, 0.15) is 0 Å². The van der Waals surface area contributed by atoms with Gasteiger partial charge < -0.3 is 9.47 Å². The van der Waals surface area contributed by atoms with Gasteiger partial charge in [0.2, 0.25) is 0 Å². The van der Waals surface area contributed by atoms with Gasteiger partial charge in [0.25, 0.3) is 0 Å². The van der Waals surface area contributed by atoms with Gasteiger partial charge in [0.05, 0.1) is 24.3 Å². The molecule has 0 aromatic heterocycles. The van der Waals surface area contributed by atoms with Gasteiger partial charge in [-0.05, 0) is 42.2 Å². The number of carbonyl (C=O) groups excluding carboxylic acids is 2. The molecule has 2 rings (SSSR count). The number of carbonyl (C=O) groups is 2. The molecule has 2 aliphatic rings. The molecule has 0 aromatic rings. The molecule has 4 heteroatoms. The minimum atomic E-state index is -0.424. The Morgan fingerprint density at radius 1 is 0.767 bits per heavy atom. The highest BCUT2D eigenvalue weighted by atomic mass is 16.5. The van der Waals surface area contributed by atoms with Crippen LogP contribution in [0.4, 0.5) is 0 Å². The van der Waals surface area contributed by atoms with Crippen molar-refractivity contribution < 1.29 is 19.1 Å². The fraction of sp³-hybridized carbons (Fsp3) is 0.462. The fourth-order valence-corrected chi connectivity index (χ4v) is 3.33. The first-order chi connectivity index (χ1) is 14.6. The number of terminal acetylenes is 1. The molecule has 0 fully saturated rings. The Morgan fingerprint density at radius 2 is 1.23 bits per heavy atom. The quantitative estimate of drug-likeness (QED) is 0.237. The first kappa shape index (κ1) is 23.5. The molecule has 0 saturated heterocycles. The van der Waals surface area contributed by atoms with Crippen LogP contribution in [0.2, 0.25) is 0 Å². The molecule has 0 bridgehead atoms. The molecule has 0 atom stereocenters. The predicted octanol–water partition coefficient (Wildman–Crippen LogP) is 6.25. The fourth-order valence-electron chi connectivity index (χ4n) is 3.33. The lowest BCUT2D eigenvalue weighted by atomic mass is 10.1. The van der Waals surface area contributed by atoms with Crippen molar-refractivity contribution in [3.05, 3.63) is 47.0 Å². The third kappa shape index (κ3) is 6.62. The maximum Gasteiger partial charge on any atom is 0.338 e. The van der Waals surface area contributed by atoms with E-state index in [0.29, 0.717) is 41.0 Å². The van der Waals surface area contributed by atoms with E-state index >= 15 is 0 Å². The van der Waals surface area contributed by atoms with E-state index in [1.807, 2.05) is 0 Å².